The van der Waals surface area contributed by atoms with Gasteiger partial charge in [-0.05, 0) is 43.2 Å². The second kappa shape index (κ2) is 3.99. The predicted molar refractivity (Wildman–Crippen MR) is 59.9 cm³/mol. The molecule has 0 fully saturated rings. The molecule has 0 amide bonds. The predicted octanol–water partition coefficient (Wildman–Crippen LogP) is 1.69. The Bertz CT molecular complexity index is 549. The van der Waals surface area contributed by atoms with Crippen molar-refractivity contribution in [3.63, 3.8) is 0 Å². The zero-order valence-electron chi connectivity index (χ0n) is 8.61. The normalized spacial score (nSPS) is 17.0. The van der Waals surface area contributed by atoms with Crippen LogP contribution < -0.4 is 5.73 Å². The van der Waals surface area contributed by atoms with Crippen LogP contribution in [0.2, 0.25) is 0 Å². The lowest BCUT2D eigenvalue weighted by atomic mass is 10.0. The first-order chi connectivity index (χ1) is 7.54. The molecule has 0 bridgehead atoms. The minimum Gasteiger partial charge on any atom is -0.330 e. The molecule has 1 aliphatic heterocycles. The minimum absolute atomic E-state index is 0.195. The number of allylic oxidation sites excluding steroid dienone is 1. The highest BCUT2D eigenvalue weighted by Gasteiger charge is 2.26. The van der Waals surface area contributed by atoms with Gasteiger partial charge in [-0.3, -0.25) is 0 Å². The van der Waals surface area contributed by atoms with Gasteiger partial charge in [0.25, 0.3) is 0 Å². The first-order valence-electron chi connectivity index (χ1n) is 5.00. The molecule has 0 aromatic heterocycles. The Morgan fingerprint density at radius 1 is 1.31 bits per heavy atom. The zero-order valence-corrected chi connectivity index (χ0v) is 9.43. The summed E-state index contributed by atoms with van der Waals surface area (Å²) in [4.78, 5) is 0.195. The van der Waals surface area contributed by atoms with Crippen molar-refractivity contribution in [3.8, 4) is 0 Å². The van der Waals surface area contributed by atoms with Crippen molar-refractivity contribution in [2.75, 3.05) is 6.54 Å². The minimum atomic E-state index is -3.37. The van der Waals surface area contributed by atoms with Crippen LogP contribution in [-0.2, 0) is 9.84 Å². The molecule has 0 radical (unpaired) electrons. The fourth-order valence-electron chi connectivity index (χ4n) is 1.80. The Balaban J connectivity index is 2.49. The van der Waals surface area contributed by atoms with Crippen molar-refractivity contribution in [2.45, 2.75) is 17.7 Å². The van der Waals surface area contributed by atoms with E-state index in [1.165, 1.54) is 17.5 Å². The highest BCUT2D eigenvalue weighted by molar-refractivity contribution is 7.95. The lowest BCUT2D eigenvalue weighted by molar-refractivity contribution is 0.604. The third kappa shape index (κ3) is 1.88. The van der Waals surface area contributed by atoms with Crippen LogP contribution in [0.15, 0.2) is 28.5 Å². The first kappa shape index (κ1) is 11.3. The van der Waals surface area contributed by atoms with Crippen molar-refractivity contribution < 1.29 is 12.8 Å². The third-order valence-corrected chi connectivity index (χ3v) is 4.11. The third-order valence-electron chi connectivity index (χ3n) is 2.54. The van der Waals surface area contributed by atoms with Gasteiger partial charge in [-0.2, -0.15) is 0 Å². The molecule has 0 atom stereocenters. The van der Waals surface area contributed by atoms with Gasteiger partial charge in [0.05, 0.1) is 4.90 Å². The van der Waals surface area contributed by atoms with E-state index < -0.39 is 15.7 Å². The SMILES string of the molecule is NCCCC1=CS(=O)(=O)c2ccc(F)cc21. The molecule has 2 rings (SSSR count). The number of rotatable bonds is 3. The molecule has 0 spiro atoms. The maximum absolute atomic E-state index is 13.1. The number of nitrogens with two attached hydrogens (primary N) is 1. The van der Waals surface area contributed by atoms with Gasteiger partial charge in [0.2, 0.25) is 9.84 Å². The molecule has 0 saturated carbocycles. The molecule has 0 aliphatic carbocycles. The van der Waals surface area contributed by atoms with Crippen LogP contribution >= 0.6 is 0 Å². The molecule has 2 N–H and O–H groups in total. The van der Waals surface area contributed by atoms with E-state index in [-0.39, 0.29) is 4.90 Å². The summed E-state index contributed by atoms with van der Waals surface area (Å²) >= 11 is 0. The summed E-state index contributed by atoms with van der Waals surface area (Å²) in [6, 6.07) is 3.74. The van der Waals surface area contributed by atoms with Gasteiger partial charge in [0.15, 0.2) is 0 Å². The smallest absolute Gasteiger partial charge is 0.200 e. The van der Waals surface area contributed by atoms with E-state index in [4.69, 9.17) is 5.73 Å². The van der Waals surface area contributed by atoms with Gasteiger partial charge in [-0.25, -0.2) is 12.8 Å². The number of hydrogen-bond donors (Lipinski definition) is 1. The van der Waals surface area contributed by atoms with Gasteiger partial charge < -0.3 is 5.73 Å². The lowest BCUT2D eigenvalue weighted by Crippen LogP contribution is -1.98. The van der Waals surface area contributed by atoms with E-state index in [9.17, 15) is 12.8 Å². The summed E-state index contributed by atoms with van der Waals surface area (Å²) in [5, 5.41) is 1.22. The van der Waals surface area contributed by atoms with Gasteiger partial charge in [-0.15, -0.1) is 0 Å². The standard InChI is InChI=1S/C11H12FNO2S/c12-9-3-4-11-10(6-9)8(2-1-5-13)7-16(11,14)15/h3-4,6-7H,1-2,5,13H2. The maximum Gasteiger partial charge on any atom is 0.200 e. The van der Waals surface area contributed by atoms with E-state index in [1.807, 2.05) is 0 Å². The van der Waals surface area contributed by atoms with E-state index in [2.05, 4.69) is 0 Å². The number of halogens is 1. The van der Waals surface area contributed by atoms with Crippen LogP contribution in [0.5, 0.6) is 0 Å². The Kier molecular flexibility index (Phi) is 2.82. The fraction of sp³-hybridized carbons (Fsp3) is 0.273. The van der Waals surface area contributed by atoms with Crippen LogP contribution in [0.1, 0.15) is 18.4 Å². The van der Waals surface area contributed by atoms with Gasteiger partial charge in [-0.1, -0.05) is 0 Å². The van der Waals surface area contributed by atoms with Crippen LogP contribution in [0.3, 0.4) is 0 Å². The maximum atomic E-state index is 13.1. The van der Waals surface area contributed by atoms with Gasteiger partial charge in [0, 0.05) is 11.0 Å². The van der Waals surface area contributed by atoms with E-state index in [0.717, 1.165) is 6.07 Å². The van der Waals surface area contributed by atoms with Crippen LogP contribution in [-0.4, -0.2) is 15.0 Å². The van der Waals surface area contributed by atoms with Crippen LogP contribution in [0.25, 0.3) is 5.57 Å². The molecule has 86 valence electrons. The Morgan fingerprint density at radius 2 is 2.06 bits per heavy atom. The molecule has 16 heavy (non-hydrogen) atoms. The van der Waals surface area contributed by atoms with E-state index in [0.29, 0.717) is 30.5 Å². The number of fused-ring (bicyclic) bond motifs is 1. The largest absolute Gasteiger partial charge is 0.330 e. The summed E-state index contributed by atoms with van der Waals surface area (Å²) in [6.45, 7) is 0.488. The molecule has 5 heteroatoms. The molecular formula is C11H12FNO2S. The molecule has 1 heterocycles. The Morgan fingerprint density at radius 3 is 2.75 bits per heavy atom. The van der Waals surface area contributed by atoms with Crippen molar-refractivity contribution >= 4 is 15.4 Å². The Hall–Kier alpha value is -1.20. The van der Waals surface area contributed by atoms with Crippen molar-refractivity contribution in [1.82, 2.24) is 0 Å². The van der Waals surface area contributed by atoms with Crippen LogP contribution in [0, 0.1) is 5.82 Å². The van der Waals surface area contributed by atoms with Crippen LogP contribution in [0.4, 0.5) is 4.39 Å². The monoisotopic (exact) mass is 241 g/mol. The molecule has 0 saturated heterocycles. The average Bonchev–Trinajstić information content (AvgIpc) is 2.47. The molecule has 1 aliphatic rings. The zero-order chi connectivity index (χ0) is 11.8. The quantitative estimate of drug-likeness (QED) is 0.819. The molecule has 0 unspecified atom stereocenters. The lowest BCUT2D eigenvalue weighted by Gasteiger charge is -2.03. The van der Waals surface area contributed by atoms with Gasteiger partial charge >= 0.3 is 0 Å². The van der Waals surface area contributed by atoms with Crippen molar-refractivity contribution in [1.29, 1.82) is 0 Å². The molecular weight excluding hydrogens is 229 g/mol. The summed E-state index contributed by atoms with van der Waals surface area (Å²) in [6.07, 6.45) is 1.25. The van der Waals surface area contributed by atoms with E-state index >= 15 is 0 Å². The molecule has 1 aromatic rings. The summed E-state index contributed by atoms with van der Waals surface area (Å²) in [7, 11) is -3.37. The Labute approximate surface area is 93.7 Å². The second-order valence-electron chi connectivity index (χ2n) is 3.72. The first-order valence-corrected chi connectivity index (χ1v) is 6.55. The summed E-state index contributed by atoms with van der Waals surface area (Å²) in [5.74, 6) is -0.422. The van der Waals surface area contributed by atoms with Crippen molar-refractivity contribution in [2.24, 2.45) is 5.73 Å². The molecule has 3 nitrogen and oxygen atoms in total. The summed E-state index contributed by atoms with van der Waals surface area (Å²) < 4.78 is 36.5. The van der Waals surface area contributed by atoms with E-state index in [1.54, 1.807) is 0 Å². The topological polar surface area (TPSA) is 60.2 Å². The number of hydrogen-bond acceptors (Lipinski definition) is 3. The molecule has 1 aromatic carbocycles. The van der Waals surface area contributed by atoms with Crippen molar-refractivity contribution in [3.05, 3.63) is 35.0 Å². The highest BCUT2D eigenvalue weighted by Crippen LogP contribution is 2.35. The number of benzene rings is 1. The average molecular weight is 241 g/mol. The number of sulfone groups is 1. The second-order valence-corrected chi connectivity index (χ2v) is 5.49. The van der Waals surface area contributed by atoms with Gasteiger partial charge in [0.1, 0.15) is 5.82 Å². The summed E-state index contributed by atoms with van der Waals surface area (Å²) in [5.41, 5.74) is 6.51. The fourth-order valence-corrected chi connectivity index (χ4v) is 3.30. The highest BCUT2D eigenvalue weighted by atomic mass is 32.2.